The van der Waals surface area contributed by atoms with Gasteiger partial charge >= 0.3 is 0 Å². The third-order valence-electron chi connectivity index (χ3n) is 2.71. The van der Waals surface area contributed by atoms with Crippen molar-refractivity contribution in [1.29, 1.82) is 0 Å². The minimum Gasteiger partial charge on any atom is -0.377 e. The number of nitrogens with one attached hydrogen (secondary N) is 1. The summed E-state index contributed by atoms with van der Waals surface area (Å²) in [5.74, 6) is 0. The van der Waals surface area contributed by atoms with E-state index in [1.165, 1.54) is 11.1 Å². The Morgan fingerprint density at radius 1 is 1.35 bits per heavy atom. The average Bonchev–Trinajstić information content (AvgIpc) is 2.26. The van der Waals surface area contributed by atoms with E-state index in [9.17, 15) is 0 Å². The second-order valence-corrected chi connectivity index (χ2v) is 5.07. The lowest BCUT2D eigenvalue weighted by Crippen LogP contribution is -2.33. The molecular weight excluding hydrogens is 234 g/mol. The van der Waals surface area contributed by atoms with Crippen molar-refractivity contribution in [3.63, 3.8) is 0 Å². The van der Waals surface area contributed by atoms with Crippen molar-refractivity contribution in [2.45, 2.75) is 39.3 Å². The Morgan fingerprint density at radius 2 is 2.06 bits per heavy atom. The van der Waals surface area contributed by atoms with Crippen LogP contribution in [0, 0.1) is 6.92 Å². The summed E-state index contributed by atoms with van der Waals surface area (Å²) < 4.78 is 5.63. The molecule has 1 N–H and O–H groups in total. The number of rotatable bonds is 6. The summed E-state index contributed by atoms with van der Waals surface area (Å²) in [4.78, 5) is 0. The molecule has 3 heteroatoms. The van der Waals surface area contributed by atoms with Crippen molar-refractivity contribution < 1.29 is 4.74 Å². The molecule has 0 aromatic heterocycles. The van der Waals surface area contributed by atoms with E-state index in [2.05, 4.69) is 17.4 Å². The summed E-state index contributed by atoms with van der Waals surface area (Å²) >= 11 is 6.22. The van der Waals surface area contributed by atoms with Crippen molar-refractivity contribution in [1.82, 2.24) is 5.32 Å². The molecule has 0 radical (unpaired) electrons. The van der Waals surface area contributed by atoms with Gasteiger partial charge in [0, 0.05) is 11.1 Å². The van der Waals surface area contributed by atoms with Crippen LogP contribution in [0.4, 0.5) is 0 Å². The molecule has 1 atom stereocenters. The first-order chi connectivity index (χ1) is 8.02. The van der Waals surface area contributed by atoms with E-state index in [4.69, 9.17) is 16.3 Å². The number of likely N-dealkylation sites (N-methyl/N-ethyl adjacent to an activating group) is 1. The molecule has 17 heavy (non-hydrogen) atoms. The van der Waals surface area contributed by atoms with Crippen LogP contribution < -0.4 is 5.32 Å². The monoisotopic (exact) mass is 255 g/mol. The molecule has 0 aliphatic heterocycles. The van der Waals surface area contributed by atoms with Crippen molar-refractivity contribution in [2.24, 2.45) is 0 Å². The molecule has 2 nitrogen and oxygen atoms in total. The summed E-state index contributed by atoms with van der Waals surface area (Å²) in [5.41, 5.74) is 2.36. The molecule has 0 saturated heterocycles. The lowest BCUT2D eigenvalue weighted by Gasteiger charge is -2.18. The van der Waals surface area contributed by atoms with Gasteiger partial charge in [0.2, 0.25) is 0 Å². The van der Waals surface area contributed by atoms with Gasteiger partial charge < -0.3 is 10.1 Å². The van der Waals surface area contributed by atoms with Gasteiger partial charge in [-0.3, -0.25) is 0 Å². The molecule has 0 bridgehead atoms. The number of aryl methyl sites for hydroxylation is 1. The summed E-state index contributed by atoms with van der Waals surface area (Å²) in [6, 6.07) is 6.50. The van der Waals surface area contributed by atoms with Gasteiger partial charge in [0.05, 0.1) is 12.7 Å². The van der Waals surface area contributed by atoms with Gasteiger partial charge in [-0.25, -0.2) is 0 Å². The molecule has 1 aromatic rings. The predicted octanol–water partition coefficient (Wildman–Crippen LogP) is 3.20. The van der Waals surface area contributed by atoms with Crippen LogP contribution in [0.1, 0.15) is 25.0 Å². The molecule has 0 fully saturated rings. The highest BCUT2D eigenvalue weighted by Gasteiger charge is 2.10. The third-order valence-corrected chi connectivity index (χ3v) is 3.07. The standard InChI is InChI=1S/C14H22ClNO/c1-10(2)17-9-13(16-4)8-12-6-5-11(3)7-14(12)15/h5-7,10,13,16H,8-9H2,1-4H3. The Bertz CT molecular complexity index is 352. The van der Waals surface area contributed by atoms with E-state index in [1.54, 1.807) is 0 Å². The van der Waals surface area contributed by atoms with Crippen LogP contribution in [0.3, 0.4) is 0 Å². The minimum atomic E-state index is 0.263. The van der Waals surface area contributed by atoms with E-state index >= 15 is 0 Å². The molecule has 0 aliphatic carbocycles. The van der Waals surface area contributed by atoms with Crippen LogP contribution in [-0.2, 0) is 11.2 Å². The van der Waals surface area contributed by atoms with Crippen LogP contribution >= 0.6 is 11.6 Å². The van der Waals surface area contributed by atoms with Crippen molar-refractivity contribution in [3.05, 3.63) is 34.3 Å². The summed E-state index contributed by atoms with van der Waals surface area (Å²) in [6.07, 6.45) is 1.15. The molecule has 0 heterocycles. The molecule has 0 saturated carbocycles. The fraction of sp³-hybridized carbons (Fsp3) is 0.571. The Hall–Kier alpha value is -0.570. The van der Waals surface area contributed by atoms with E-state index in [-0.39, 0.29) is 6.10 Å². The topological polar surface area (TPSA) is 21.3 Å². The van der Waals surface area contributed by atoms with Gasteiger partial charge in [0.1, 0.15) is 0 Å². The Kier molecular flexibility index (Phi) is 5.96. The minimum absolute atomic E-state index is 0.263. The zero-order chi connectivity index (χ0) is 12.8. The number of ether oxygens (including phenoxy) is 1. The van der Waals surface area contributed by atoms with Crippen molar-refractivity contribution in [3.8, 4) is 0 Å². The summed E-state index contributed by atoms with van der Waals surface area (Å²) in [7, 11) is 1.95. The smallest absolute Gasteiger partial charge is 0.0626 e. The molecule has 96 valence electrons. The maximum atomic E-state index is 6.22. The third kappa shape index (κ3) is 5.07. The Balaban J connectivity index is 2.60. The van der Waals surface area contributed by atoms with Crippen LogP contribution in [-0.4, -0.2) is 25.8 Å². The van der Waals surface area contributed by atoms with Gasteiger partial charge in [-0.2, -0.15) is 0 Å². The van der Waals surface area contributed by atoms with Gasteiger partial charge in [-0.15, -0.1) is 0 Å². The normalized spacial score (nSPS) is 13.1. The molecule has 1 aromatic carbocycles. The summed E-state index contributed by atoms with van der Waals surface area (Å²) in [6.45, 7) is 6.85. The van der Waals surface area contributed by atoms with Crippen LogP contribution in [0.15, 0.2) is 18.2 Å². The first kappa shape index (κ1) is 14.5. The first-order valence-corrected chi connectivity index (χ1v) is 6.44. The maximum absolute atomic E-state index is 6.22. The van der Waals surface area contributed by atoms with E-state index in [0.717, 1.165) is 11.4 Å². The second kappa shape index (κ2) is 7.00. The van der Waals surface area contributed by atoms with Gasteiger partial charge in [-0.05, 0) is 51.4 Å². The molecular formula is C14H22ClNO. The number of benzene rings is 1. The summed E-state index contributed by atoms with van der Waals surface area (Å²) in [5, 5.41) is 4.11. The predicted molar refractivity (Wildman–Crippen MR) is 73.8 cm³/mol. The van der Waals surface area contributed by atoms with Crippen LogP contribution in [0.25, 0.3) is 0 Å². The van der Waals surface area contributed by atoms with Crippen molar-refractivity contribution >= 4 is 11.6 Å². The van der Waals surface area contributed by atoms with Gasteiger partial charge in [-0.1, -0.05) is 23.7 Å². The Morgan fingerprint density at radius 3 is 2.59 bits per heavy atom. The van der Waals surface area contributed by atoms with Gasteiger partial charge in [0.15, 0.2) is 0 Å². The van der Waals surface area contributed by atoms with Crippen LogP contribution in [0.5, 0.6) is 0 Å². The quantitative estimate of drug-likeness (QED) is 0.843. The Labute approximate surface area is 109 Å². The van der Waals surface area contributed by atoms with Crippen LogP contribution in [0.2, 0.25) is 5.02 Å². The molecule has 0 amide bonds. The number of halogens is 1. The average molecular weight is 256 g/mol. The number of hydrogen-bond acceptors (Lipinski definition) is 2. The lowest BCUT2D eigenvalue weighted by molar-refractivity contribution is 0.0628. The number of hydrogen-bond donors (Lipinski definition) is 1. The van der Waals surface area contributed by atoms with E-state index < -0.39 is 0 Å². The highest BCUT2D eigenvalue weighted by molar-refractivity contribution is 6.31. The van der Waals surface area contributed by atoms with Crippen molar-refractivity contribution in [2.75, 3.05) is 13.7 Å². The lowest BCUT2D eigenvalue weighted by atomic mass is 10.0. The highest BCUT2D eigenvalue weighted by Crippen LogP contribution is 2.19. The van der Waals surface area contributed by atoms with E-state index in [0.29, 0.717) is 12.6 Å². The second-order valence-electron chi connectivity index (χ2n) is 4.67. The zero-order valence-electron chi connectivity index (χ0n) is 11.1. The SMILES string of the molecule is CNC(COC(C)C)Cc1ccc(C)cc1Cl. The largest absolute Gasteiger partial charge is 0.377 e. The highest BCUT2D eigenvalue weighted by atomic mass is 35.5. The molecule has 1 unspecified atom stereocenters. The van der Waals surface area contributed by atoms with Gasteiger partial charge in [0.25, 0.3) is 0 Å². The fourth-order valence-electron chi connectivity index (χ4n) is 1.64. The maximum Gasteiger partial charge on any atom is 0.0626 e. The van der Waals surface area contributed by atoms with E-state index in [1.807, 2.05) is 33.9 Å². The molecule has 1 rings (SSSR count). The fourth-order valence-corrected chi connectivity index (χ4v) is 1.95. The molecule has 0 spiro atoms. The molecule has 0 aliphatic rings. The zero-order valence-corrected chi connectivity index (χ0v) is 11.8. The first-order valence-electron chi connectivity index (χ1n) is 6.06.